The molecule has 0 bridgehead atoms. The highest BCUT2D eigenvalue weighted by molar-refractivity contribution is 7.96. The normalized spacial score (nSPS) is 48.4. The Morgan fingerprint density at radius 1 is 1.36 bits per heavy atom. The minimum atomic E-state index is -0.287. The van der Waals surface area contributed by atoms with Gasteiger partial charge in [-0.15, -0.1) is 12.6 Å². The van der Waals surface area contributed by atoms with E-state index in [4.69, 9.17) is 0 Å². The molecule has 1 N–H and O–H groups in total. The lowest BCUT2D eigenvalue weighted by atomic mass is 9.47. The summed E-state index contributed by atoms with van der Waals surface area (Å²) < 4.78 is 0. The van der Waals surface area contributed by atoms with Crippen molar-refractivity contribution in [1.82, 2.24) is 0 Å². The summed E-state index contributed by atoms with van der Waals surface area (Å²) in [5.74, 6) is 1.68. The maximum absolute atomic E-state index is 12.3. The van der Waals surface area contributed by atoms with E-state index in [1.54, 1.807) is 6.08 Å². The number of aliphatic hydroxyl groups excluding tert-OH is 1. The Labute approximate surface area is 155 Å². The molecule has 4 rings (SSSR count). The van der Waals surface area contributed by atoms with Gasteiger partial charge in [0, 0.05) is 23.4 Å². The van der Waals surface area contributed by atoms with Crippen molar-refractivity contribution in [2.24, 2.45) is 40.4 Å². The third-order valence-corrected chi connectivity index (χ3v) is 8.47. The van der Waals surface area contributed by atoms with Crippen molar-refractivity contribution in [3.8, 4) is 0 Å². The van der Waals surface area contributed by atoms with Gasteiger partial charge in [0.25, 0.3) is 0 Å². The first-order valence-electron chi connectivity index (χ1n) is 9.61. The minimum Gasteiger partial charge on any atom is -0.396 e. The zero-order chi connectivity index (χ0) is 18.0. The van der Waals surface area contributed by atoms with E-state index >= 15 is 0 Å². The maximum Gasteiger partial charge on any atom is 0.189 e. The lowest BCUT2D eigenvalue weighted by Crippen LogP contribution is -2.52. The molecule has 0 heterocycles. The summed E-state index contributed by atoms with van der Waals surface area (Å²) in [7, 11) is 0. The zero-order valence-corrected chi connectivity index (χ0v) is 16.0. The van der Waals surface area contributed by atoms with Gasteiger partial charge in [-0.25, -0.2) is 0 Å². The molecule has 0 aromatic carbocycles. The molecule has 0 aromatic heterocycles. The molecule has 0 aromatic rings. The van der Waals surface area contributed by atoms with Gasteiger partial charge >= 0.3 is 0 Å². The molecule has 4 aliphatic carbocycles. The van der Waals surface area contributed by atoms with Gasteiger partial charge < -0.3 is 5.11 Å². The fourth-order valence-corrected chi connectivity index (χ4v) is 7.63. The Balaban J connectivity index is 1.72. The van der Waals surface area contributed by atoms with Crippen LogP contribution in [0.2, 0.25) is 0 Å². The molecule has 0 radical (unpaired) electrons. The van der Waals surface area contributed by atoms with E-state index in [-0.39, 0.29) is 40.2 Å². The lowest BCUT2D eigenvalue weighted by molar-refractivity contribution is -0.126. The maximum atomic E-state index is 12.3. The highest BCUT2D eigenvalue weighted by Crippen LogP contribution is 2.67. The molecule has 3 saturated carbocycles. The number of hydrogen-bond acceptors (Lipinski definition) is 3. The first kappa shape index (κ1) is 17.5. The van der Waals surface area contributed by atoms with Gasteiger partial charge in [-0.2, -0.15) is 0 Å². The van der Waals surface area contributed by atoms with Gasteiger partial charge in [-0.1, -0.05) is 25.5 Å². The quantitative estimate of drug-likeness (QED) is 0.740. The summed E-state index contributed by atoms with van der Waals surface area (Å²) in [5.41, 5.74) is 0.960. The van der Waals surface area contributed by atoms with Gasteiger partial charge in [0.1, 0.15) is 0 Å². The molecule has 4 aliphatic rings. The SMILES string of the molecule is C[C@H]1C[C@H]2[C@@H]3CCC4=CC(=O)C=C[C@]4(C)[C@H]3CC[C@]2(CO)[C@H]1C(=O)S. The lowest BCUT2D eigenvalue weighted by Gasteiger charge is -2.57. The Morgan fingerprint density at radius 2 is 2.12 bits per heavy atom. The largest absolute Gasteiger partial charge is 0.396 e. The summed E-state index contributed by atoms with van der Waals surface area (Å²) in [5, 5.41) is 10.3. The fourth-order valence-electron chi connectivity index (χ4n) is 7.12. The third kappa shape index (κ3) is 2.29. The standard InChI is InChI=1S/C21H28O3S/c1-12-9-17-15-4-3-13-10-14(23)5-7-20(13,2)16(15)6-8-21(17,11-22)18(12)19(24)25/h5,7,10,12,15-18,22H,3-4,6,8-9,11H2,1-2H3,(H,24,25)/t12-,15+,16-,17-,18+,20-,21+/m0/s1. The van der Waals surface area contributed by atoms with Gasteiger partial charge in [-0.3, -0.25) is 9.59 Å². The van der Waals surface area contributed by atoms with Crippen LogP contribution in [0.5, 0.6) is 0 Å². The van der Waals surface area contributed by atoms with Crippen molar-refractivity contribution in [2.45, 2.75) is 46.0 Å². The van der Waals surface area contributed by atoms with E-state index in [0.717, 1.165) is 32.1 Å². The molecule has 3 nitrogen and oxygen atoms in total. The topological polar surface area (TPSA) is 54.4 Å². The first-order chi connectivity index (χ1) is 11.8. The molecule has 0 unspecified atom stereocenters. The van der Waals surface area contributed by atoms with E-state index in [2.05, 4.69) is 32.6 Å². The Hall–Kier alpha value is -0.870. The van der Waals surface area contributed by atoms with Crippen molar-refractivity contribution in [1.29, 1.82) is 0 Å². The number of thiol groups is 1. The number of rotatable bonds is 2. The first-order valence-corrected chi connectivity index (χ1v) is 10.1. The van der Waals surface area contributed by atoms with Crippen LogP contribution in [0.25, 0.3) is 0 Å². The predicted molar refractivity (Wildman–Crippen MR) is 100 cm³/mol. The average Bonchev–Trinajstić information content (AvgIpc) is 2.88. The second-order valence-corrected chi connectivity index (χ2v) is 9.50. The van der Waals surface area contributed by atoms with E-state index < -0.39 is 0 Å². The number of carbonyl (C=O) groups is 2. The second-order valence-electron chi connectivity index (χ2n) is 9.06. The van der Waals surface area contributed by atoms with Crippen LogP contribution >= 0.6 is 12.6 Å². The van der Waals surface area contributed by atoms with Gasteiger partial charge in [0.05, 0.1) is 0 Å². The van der Waals surface area contributed by atoms with Crippen LogP contribution in [-0.2, 0) is 9.59 Å². The monoisotopic (exact) mass is 360 g/mol. The van der Waals surface area contributed by atoms with Gasteiger partial charge in [0.2, 0.25) is 0 Å². The van der Waals surface area contributed by atoms with Crippen molar-refractivity contribution < 1.29 is 14.7 Å². The third-order valence-electron chi connectivity index (χ3n) is 8.19. The van der Waals surface area contributed by atoms with Crippen molar-refractivity contribution in [3.63, 3.8) is 0 Å². The van der Waals surface area contributed by atoms with Gasteiger partial charge in [-0.05, 0) is 67.9 Å². The van der Waals surface area contributed by atoms with Crippen LogP contribution in [0.3, 0.4) is 0 Å². The van der Waals surface area contributed by atoms with E-state index in [1.807, 2.05) is 6.08 Å². The molecule has 0 spiro atoms. The molecular weight excluding hydrogens is 332 g/mol. The molecule has 0 saturated heterocycles. The molecule has 3 fully saturated rings. The number of fused-ring (bicyclic) bond motifs is 5. The second kappa shape index (κ2) is 5.82. The van der Waals surface area contributed by atoms with Crippen LogP contribution < -0.4 is 0 Å². The number of allylic oxidation sites excluding steroid dienone is 4. The molecular formula is C21H28O3S. The van der Waals surface area contributed by atoms with Crippen LogP contribution in [0, 0.1) is 40.4 Å². The number of hydrogen-bond donors (Lipinski definition) is 2. The molecule has 25 heavy (non-hydrogen) atoms. The smallest absolute Gasteiger partial charge is 0.189 e. The zero-order valence-electron chi connectivity index (χ0n) is 15.1. The van der Waals surface area contributed by atoms with Crippen LogP contribution in [0.1, 0.15) is 46.0 Å². The molecule has 7 atom stereocenters. The summed E-state index contributed by atoms with van der Waals surface area (Å²) in [4.78, 5) is 24.1. The fraction of sp³-hybridized carbons (Fsp3) is 0.714. The van der Waals surface area contributed by atoms with Crippen LogP contribution in [0.4, 0.5) is 0 Å². The van der Waals surface area contributed by atoms with Crippen molar-refractivity contribution in [3.05, 3.63) is 23.8 Å². The molecule has 4 heteroatoms. The summed E-state index contributed by atoms with van der Waals surface area (Å²) in [6.07, 6.45) is 10.7. The van der Waals surface area contributed by atoms with Gasteiger partial charge in [0.15, 0.2) is 10.9 Å². The summed E-state index contributed by atoms with van der Waals surface area (Å²) in [6, 6.07) is 0. The number of carbonyl (C=O) groups excluding carboxylic acids is 2. The molecule has 0 amide bonds. The highest BCUT2D eigenvalue weighted by Gasteiger charge is 2.63. The summed E-state index contributed by atoms with van der Waals surface area (Å²) >= 11 is 4.19. The molecule has 0 aliphatic heterocycles. The molecule has 136 valence electrons. The van der Waals surface area contributed by atoms with E-state index in [0.29, 0.717) is 17.8 Å². The Morgan fingerprint density at radius 3 is 2.80 bits per heavy atom. The van der Waals surface area contributed by atoms with Crippen molar-refractivity contribution in [2.75, 3.05) is 6.61 Å². The number of aliphatic hydroxyl groups is 1. The van der Waals surface area contributed by atoms with E-state index in [1.165, 1.54) is 5.57 Å². The Bertz CT molecular complexity index is 681. The average molecular weight is 361 g/mol. The van der Waals surface area contributed by atoms with E-state index in [9.17, 15) is 14.7 Å². The van der Waals surface area contributed by atoms with Crippen molar-refractivity contribution >= 4 is 23.5 Å². The predicted octanol–water partition coefficient (Wildman–Crippen LogP) is 3.59. The van der Waals surface area contributed by atoms with Crippen LogP contribution in [0.15, 0.2) is 23.8 Å². The Kier molecular flexibility index (Phi) is 4.08. The highest BCUT2D eigenvalue weighted by atomic mass is 32.1. The summed E-state index contributed by atoms with van der Waals surface area (Å²) in [6.45, 7) is 4.53. The number of ketones is 1. The van der Waals surface area contributed by atoms with Crippen LogP contribution in [-0.4, -0.2) is 22.6 Å². The minimum absolute atomic E-state index is 0.0370.